The number of aromatic nitrogens is 1. The van der Waals surface area contributed by atoms with E-state index in [1.54, 1.807) is 27.2 Å². The van der Waals surface area contributed by atoms with E-state index in [9.17, 15) is 4.79 Å². The molecule has 0 N–H and O–H groups in total. The van der Waals surface area contributed by atoms with Gasteiger partial charge in [0.2, 0.25) is 0 Å². The van der Waals surface area contributed by atoms with E-state index >= 15 is 0 Å². The Labute approximate surface area is 177 Å². The maximum Gasteiger partial charge on any atom is 0.310 e. The molecule has 1 heterocycles. The van der Waals surface area contributed by atoms with Gasteiger partial charge in [0, 0.05) is 11.8 Å². The van der Waals surface area contributed by atoms with E-state index < -0.39 is 0 Å². The number of para-hydroxylation sites is 1. The van der Waals surface area contributed by atoms with Gasteiger partial charge in [0.15, 0.2) is 17.2 Å². The molecule has 0 aliphatic carbocycles. The van der Waals surface area contributed by atoms with Crippen molar-refractivity contribution in [3.63, 3.8) is 0 Å². The fourth-order valence-corrected chi connectivity index (χ4v) is 3.57. The Morgan fingerprint density at radius 3 is 2.61 bits per heavy atom. The minimum atomic E-state index is -0.282. The molecule has 0 unspecified atom stereocenters. The molecule has 0 aliphatic heterocycles. The maximum atomic E-state index is 11.7. The number of fused-ring (bicyclic) bond motifs is 1. The zero-order chi connectivity index (χ0) is 20.1. The van der Waals surface area contributed by atoms with Crippen LogP contribution < -0.4 is 14.2 Å². The normalized spacial score (nSPS) is 11.0. The smallest absolute Gasteiger partial charge is 0.310 e. The predicted molar refractivity (Wildman–Crippen MR) is 119 cm³/mol. The van der Waals surface area contributed by atoms with Gasteiger partial charge in [-0.3, -0.25) is 4.79 Å². The van der Waals surface area contributed by atoms with Crippen LogP contribution in [-0.4, -0.2) is 25.2 Å². The first-order valence-corrected chi connectivity index (χ1v) is 9.83. The monoisotopic (exact) mass is 489 g/mol. The molecule has 0 saturated carbocycles. The van der Waals surface area contributed by atoms with E-state index in [0.29, 0.717) is 29.2 Å². The summed E-state index contributed by atoms with van der Waals surface area (Å²) in [4.78, 5) is 16.3. The highest BCUT2D eigenvalue weighted by molar-refractivity contribution is 14.1. The number of esters is 1. The molecule has 2 aromatic carbocycles. The fourth-order valence-electron chi connectivity index (χ4n) is 2.72. The van der Waals surface area contributed by atoms with Crippen molar-refractivity contribution in [2.45, 2.75) is 13.3 Å². The number of methoxy groups -OCH3 is 2. The van der Waals surface area contributed by atoms with Gasteiger partial charge in [-0.25, -0.2) is 4.98 Å². The van der Waals surface area contributed by atoms with Crippen molar-refractivity contribution >= 4 is 51.6 Å². The van der Waals surface area contributed by atoms with Crippen LogP contribution in [0.5, 0.6) is 17.2 Å². The Morgan fingerprint density at radius 1 is 1.07 bits per heavy atom. The van der Waals surface area contributed by atoms with Crippen LogP contribution in [0.4, 0.5) is 0 Å². The largest absolute Gasteiger partial charge is 0.493 e. The average Bonchev–Trinajstić information content (AvgIpc) is 2.71. The molecule has 0 bridgehead atoms. The SMILES string of the molecule is CCC(=O)Oc1cccc2ccc(/C=C/c3cc(I)c(OC)c(OC)c3)nc12. The summed E-state index contributed by atoms with van der Waals surface area (Å²) in [6.07, 6.45) is 4.18. The van der Waals surface area contributed by atoms with Gasteiger partial charge in [-0.2, -0.15) is 0 Å². The zero-order valence-corrected chi connectivity index (χ0v) is 18.0. The number of hydrogen-bond donors (Lipinski definition) is 0. The van der Waals surface area contributed by atoms with E-state index in [2.05, 4.69) is 27.6 Å². The molecule has 5 nitrogen and oxygen atoms in total. The van der Waals surface area contributed by atoms with Gasteiger partial charge >= 0.3 is 5.97 Å². The number of pyridine rings is 1. The third-order valence-electron chi connectivity index (χ3n) is 4.12. The van der Waals surface area contributed by atoms with Crippen LogP contribution in [0.1, 0.15) is 24.6 Å². The summed E-state index contributed by atoms with van der Waals surface area (Å²) in [5, 5.41) is 0.916. The second kappa shape index (κ2) is 9.05. The molecule has 0 spiro atoms. The molecule has 3 rings (SSSR count). The van der Waals surface area contributed by atoms with Crippen LogP contribution in [0.25, 0.3) is 23.1 Å². The van der Waals surface area contributed by atoms with Crippen LogP contribution in [0.15, 0.2) is 42.5 Å². The molecule has 0 aliphatic rings. The molecule has 0 radical (unpaired) electrons. The van der Waals surface area contributed by atoms with Crippen molar-refractivity contribution < 1.29 is 19.0 Å². The molecule has 0 saturated heterocycles. The second-order valence-electron chi connectivity index (χ2n) is 5.96. The van der Waals surface area contributed by atoms with E-state index in [1.807, 2.05) is 48.6 Å². The third-order valence-corrected chi connectivity index (χ3v) is 4.92. The molecular weight excluding hydrogens is 469 g/mol. The van der Waals surface area contributed by atoms with Crippen LogP contribution in [0, 0.1) is 3.57 Å². The van der Waals surface area contributed by atoms with Crippen molar-refractivity contribution in [2.75, 3.05) is 14.2 Å². The average molecular weight is 489 g/mol. The lowest BCUT2D eigenvalue weighted by atomic mass is 10.1. The van der Waals surface area contributed by atoms with Gasteiger partial charge < -0.3 is 14.2 Å². The molecule has 0 atom stereocenters. The van der Waals surface area contributed by atoms with Crippen molar-refractivity contribution in [3.8, 4) is 17.2 Å². The lowest BCUT2D eigenvalue weighted by Gasteiger charge is -2.10. The molecule has 144 valence electrons. The minimum absolute atomic E-state index is 0.282. The van der Waals surface area contributed by atoms with Crippen LogP contribution in [0.2, 0.25) is 0 Å². The van der Waals surface area contributed by atoms with Crippen LogP contribution in [0.3, 0.4) is 0 Å². The highest BCUT2D eigenvalue weighted by Crippen LogP contribution is 2.34. The van der Waals surface area contributed by atoms with Crippen LogP contribution in [-0.2, 0) is 4.79 Å². The lowest BCUT2D eigenvalue weighted by molar-refractivity contribution is -0.133. The predicted octanol–water partition coefficient (Wildman–Crippen LogP) is 5.34. The zero-order valence-electron chi connectivity index (χ0n) is 15.9. The van der Waals surface area contributed by atoms with E-state index in [0.717, 1.165) is 20.2 Å². The standard InChI is InChI=1S/C22H20INO4/c1-4-20(25)28-18-7-5-6-15-9-11-16(24-21(15)18)10-8-14-12-17(23)22(27-3)19(13-14)26-2/h5-13H,4H2,1-3H3/b10-8+. The summed E-state index contributed by atoms with van der Waals surface area (Å²) in [6, 6.07) is 13.4. The number of benzene rings is 2. The number of carbonyl (C=O) groups is 1. The first-order valence-electron chi connectivity index (χ1n) is 8.75. The maximum absolute atomic E-state index is 11.7. The summed E-state index contributed by atoms with van der Waals surface area (Å²) >= 11 is 2.22. The Bertz CT molecular complexity index is 1050. The Morgan fingerprint density at radius 2 is 1.89 bits per heavy atom. The number of rotatable bonds is 6. The first kappa shape index (κ1) is 20.1. The first-order chi connectivity index (χ1) is 13.5. The molecule has 6 heteroatoms. The van der Waals surface area contributed by atoms with Crippen molar-refractivity contribution in [3.05, 3.63) is 57.3 Å². The van der Waals surface area contributed by atoms with Gasteiger partial charge in [-0.05, 0) is 58.5 Å². The topological polar surface area (TPSA) is 57.7 Å². The summed E-state index contributed by atoms with van der Waals surface area (Å²) in [7, 11) is 3.24. The quantitative estimate of drug-likeness (QED) is 0.266. The number of ether oxygens (including phenoxy) is 3. The second-order valence-corrected chi connectivity index (χ2v) is 7.13. The number of hydrogen-bond acceptors (Lipinski definition) is 5. The van der Waals surface area contributed by atoms with Crippen molar-refractivity contribution in [1.82, 2.24) is 4.98 Å². The summed E-state index contributed by atoms with van der Waals surface area (Å²) in [6.45, 7) is 1.76. The Hall–Kier alpha value is -2.61. The lowest BCUT2D eigenvalue weighted by Crippen LogP contribution is -2.06. The van der Waals surface area contributed by atoms with E-state index in [1.165, 1.54) is 0 Å². The molecule has 3 aromatic rings. The third kappa shape index (κ3) is 4.44. The summed E-state index contributed by atoms with van der Waals surface area (Å²) in [5.41, 5.74) is 2.39. The highest BCUT2D eigenvalue weighted by atomic mass is 127. The molecular formula is C22H20INO4. The van der Waals surface area contributed by atoms with Gasteiger partial charge in [0.25, 0.3) is 0 Å². The number of carbonyl (C=O) groups excluding carboxylic acids is 1. The van der Waals surface area contributed by atoms with E-state index in [-0.39, 0.29) is 5.97 Å². The van der Waals surface area contributed by atoms with Gasteiger partial charge in [-0.15, -0.1) is 0 Å². The minimum Gasteiger partial charge on any atom is -0.493 e. The van der Waals surface area contributed by atoms with Crippen LogP contribution >= 0.6 is 22.6 Å². The summed E-state index contributed by atoms with van der Waals surface area (Å²) in [5.74, 6) is 1.58. The highest BCUT2D eigenvalue weighted by Gasteiger charge is 2.10. The van der Waals surface area contributed by atoms with E-state index in [4.69, 9.17) is 14.2 Å². The van der Waals surface area contributed by atoms with Crippen molar-refractivity contribution in [1.29, 1.82) is 0 Å². The Kier molecular flexibility index (Phi) is 6.51. The number of nitrogens with zero attached hydrogens (tertiary/aromatic N) is 1. The van der Waals surface area contributed by atoms with Crippen molar-refractivity contribution in [2.24, 2.45) is 0 Å². The fraction of sp³-hybridized carbons (Fsp3) is 0.182. The molecule has 0 fully saturated rings. The Balaban J connectivity index is 1.95. The number of halogens is 1. The van der Waals surface area contributed by atoms with Gasteiger partial charge in [-0.1, -0.05) is 31.2 Å². The molecule has 0 amide bonds. The molecule has 28 heavy (non-hydrogen) atoms. The molecule has 1 aromatic heterocycles. The van der Waals surface area contributed by atoms with Gasteiger partial charge in [0.1, 0.15) is 5.52 Å². The summed E-state index contributed by atoms with van der Waals surface area (Å²) < 4.78 is 17.1. The van der Waals surface area contributed by atoms with Gasteiger partial charge in [0.05, 0.1) is 23.5 Å².